The highest BCUT2D eigenvalue weighted by Gasteiger charge is 2.71. The molecule has 5 aliphatic rings. The molecule has 0 amide bonds. The molecule has 10 atom stereocenters. The van der Waals surface area contributed by atoms with E-state index >= 15 is 0 Å². The summed E-state index contributed by atoms with van der Waals surface area (Å²) in [5.41, 5.74) is 1.89. The van der Waals surface area contributed by atoms with E-state index in [1.807, 2.05) is 0 Å². The maximum Gasteiger partial charge on any atom is 0.332 e. The third-order valence-electron chi connectivity index (χ3n) is 14.2. The minimum absolute atomic E-state index is 0.0393. The molecule has 0 bridgehead atoms. The largest absolute Gasteiger partial charge is 0.480 e. The van der Waals surface area contributed by atoms with Gasteiger partial charge in [-0.05, 0) is 122 Å². The number of hydrogen-bond donors (Lipinski definition) is 2. The number of esters is 1. The first-order valence-electron chi connectivity index (χ1n) is 15.9. The smallest absolute Gasteiger partial charge is 0.332 e. The van der Waals surface area contributed by atoms with Crippen LogP contribution in [0.3, 0.4) is 0 Å². The van der Waals surface area contributed by atoms with Crippen LogP contribution < -0.4 is 0 Å². The molecule has 5 saturated carbocycles. The van der Waals surface area contributed by atoms with Crippen LogP contribution in [0.15, 0.2) is 12.2 Å². The standard InChI is InChI=1S/C34H54O6/c1-21(2)22-10-15-34(20-40-28(38)19-39-18-27(36)37)17-16-32(6)23(29(22)34)8-9-25-31(5)13-12-26(35)30(3,4)24(31)11-14-33(25,32)7/h22-26,29,35H,1,8-20H2,2-7H3,(H,36,37)/t22-,23+,24-,25+,26-,29+,31-,32+,33+,34+/m0/s1. The Hall–Kier alpha value is -1.40. The summed E-state index contributed by atoms with van der Waals surface area (Å²) < 4.78 is 10.9. The van der Waals surface area contributed by atoms with Gasteiger partial charge in [0.2, 0.25) is 0 Å². The summed E-state index contributed by atoms with van der Waals surface area (Å²) in [6, 6.07) is 0. The van der Waals surface area contributed by atoms with Crippen LogP contribution in [0, 0.1) is 56.7 Å². The highest BCUT2D eigenvalue weighted by atomic mass is 16.6. The lowest BCUT2D eigenvalue weighted by atomic mass is 9.32. The highest BCUT2D eigenvalue weighted by molar-refractivity contribution is 5.72. The van der Waals surface area contributed by atoms with E-state index in [2.05, 4.69) is 48.1 Å². The Kier molecular flexibility index (Phi) is 7.60. The molecule has 2 N–H and O–H groups in total. The lowest BCUT2D eigenvalue weighted by Gasteiger charge is -2.73. The molecular weight excluding hydrogens is 504 g/mol. The van der Waals surface area contributed by atoms with Gasteiger partial charge in [0.1, 0.15) is 13.2 Å². The maximum atomic E-state index is 12.5. The van der Waals surface area contributed by atoms with Crippen LogP contribution in [0.25, 0.3) is 0 Å². The van der Waals surface area contributed by atoms with Crippen molar-refractivity contribution in [2.24, 2.45) is 56.7 Å². The maximum absolute atomic E-state index is 12.5. The summed E-state index contributed by atoms with van der Waals surface area (Å²) >= 11 is 0. The topological polar surface area (TPSA) is 93.1 Å². The lowest BCUT2D eigenvalue weighted by molar-refractivity contribution is -0.250. The van der Waals surface area contributed by atoms with Gasteiger partial charge in [0.05, 0.1) is 12.7 Å². The van der Waals surface area contributed by atoms with Crippen molar-refractivity contribution in [3.63, 3.8) is 0 Å². The minimum Gasteiger partial charge on any atom is -0.480 e. The van der Waals surface area contributed by atoms with Crippen molar-refractivity contribution in [3.05, 3.63) is 12.2 Å². The van der Waals surface area contributed by atoms with Gasteiger partial charge in [-0.1, -0.05) is 46.8 Å². The number of ether oxygens (including phenoxy) is 2. The van der Waals surface area contributed by atoms with E-state index in [4.69, 9.17) is 14.6 Å². The zero-order chi connectivity index (χ0) is 29.3. The van der Waals surface area contributed by atoms with Crippen LogP contribution in [-0.2, 0) is 19.1 Å². The summed E-state index contributed by atoms with van der Waals surface area (Å²) in [5, 5.41) is 19.8. The zero-order valence-electron chi connectivity index (χ0n) is 25.9. The molecule has 6 heteroatoms. The third-order valence-corrected chi connectivity index (χ3v) is 14.2. The van der Waals surface area contributed by atoms with Crippen LogP contribution >= 0.6 is 0 Å². The Labute approximate surface area is 241 Å². The van der Waals surface area contributed by atoms with Crippen molar-refractivity contribution in [2.75, 3.05) is 19.8 Å². The number of fused-ring (bicyclic) bond motifs is 7. The quantitative estimate of drug-likeness (QED) is 0.268. The number of aliphatic carboxylic acids is 1. The molecule has 0 aliphatic heterocycles. The number of hydrogen-bond acceptors (Lipinski definition) is 5. The molecule has 0 aromatic heterocycles. The van der Waals surface area contributed by atoms with Gasteiger partial charge in [-0.25, -0.2) is 9.59 Å². The van der Waals surface area contributed by atoms with E-state index in [-0.39, 0.29) is 39.8 Å². The minimum atomic E-state index is -1.09. The Morgan fingerprint density at radius 1 is 0.850 bits per heavy atom. The first kappa shape index (κ1) is 30.1. The number of carboxylic acid groups (broad SMARTS) is 1. The van der Waals surface area contributed by atoms with E-state index in [0.717, 1.165) is 38.5 Å². The molecule has 0 unspecified atom stereocenters. The molecule has 0 spiro atoms. The molecule has 6 nitrogen and oxygen atoms in total. The summed E-state index contributed by atoms with van der Waals surface area (Å²) in [6.07, 6.45) is 11.1. The predicted octanol–water partition coefficient (Wildman–Crippen LogP) is 6.65. The number of rotatable bonds is 7. The number of carbonyl (C=O) groups is 2. The fourth-order valence-electron chi connectivity index (χ4n) is 12.0. The highest BCUT2D eigenvalue weighted by Crippen LogP contribution is 2.77. The van der Waals surface area contributed by atoms with Crippen molar-refractivity contribution in [1.82, 2.24) is 0 Å². The molecule has 0 aromatic carbocycles. The fourth-order valence-corrected chi connectivity index (χ4v) is 12.0. The van der Waals surface area contributed by atoms with E-state index in [1.165, 1.54) is 31.3 Å². The first-order chi connectivity index (χ1) is 18.6. The van der Waals surface area contributed by atoms with E-state index in [1.54, 1.807) is 0 Å². The normalized spacial score (nSPS) is 47.3. The van der Waals surface area contributed by atoms with Crippen molar-refractivity contribution < 1.29 is 29.3 Å². The van der Waals surface area contributed by atoms with Crippen molar-refractivity contribution in [2.45, 2.75) is 112 Å². The average molecular weight is 559 g/mol. The van der Waals surface area contributed by atoms with E-state index in [0.29, 0.717) is 36.2 Å². The number of carboxylic acids is 1. The van der Waals surface area contributed by atoms with Crippen LogP contribution in [0.4, 0.5) is 0 Å². The number of allylic oxidation sites excluding steroid dienone is 1. The second kappa shape index (κ2) is 10.1. The van der Waals surface area contributed by atoms with Crippen molar-refractivity contribution >= 4 is 11.9 Å². The van der Waals surface area contributed by atoms with Gasteiger partial charge in [0.25, 0.3) is 0 Å². The molecule has 5 aliphatic carbocycles. The van der Waals surface area contributed by atoms with Gasteiger partial charge in [-0.15, -0.1) is 0 Å². The molecule has 0 aromatic rings. The molecule has 0 heterocycles. The van der Waals surface area contributed by atoms with Gasteiger partial charge in [-0.2, -0.15) is 0 Å². The molecular formula is C34H54O6. The Bertz CT molecular complexity index is 1040. The molecule has 0 radical (unpaired) electrons. The molecule has 40 heavy (non-hydrogen) atoms. The second-order valence-corrected chi connectivity index (χ2v) is 16.0. The van der Waals surface area contributed by atoms with Crippen molar-refractivity contribution in [1.29, 1.82) is 0 Å². The number of aliphatic hydroxyl groups is 1. The Morgan fingerprint density at radius 2 is 1.57 bits per heavy atom. The van der Waals surface area contributed by atoms with E-state index in [9.17, 15) is 14.7 Å². The summed E-state index contributed by atoms with van der Waals surface area (Å²) in [4.78, 5) is 23.3. The van der Waals surface area contributed by atoms with Crippen LogP contribution in [0.5, 0.6) is 0 Å². The van der Waals surface area contributed by atoms with Gasteiger partial charge in [-0.3, -0.25) is 0 Å². The SMILES string of the molecule is C=C(C)[C@@H]1CC[C@]2(COC(=O)COCC(=O)O)CC[C@]3(C)[C@H](CC[C@@H]4[C@@]5(C)CC[C@H](O)C(C)(C)[C@@H]5CC[C@]43C)[C@@H]12. The summed E-state index contributed by atoms with van der Waals surface area (Å²) in [5.74, 6) is 1.13. The average Bonchev–Trinajstić information content (AvgIpc) is 3.26. The van der Waals surface area contributed by atoms with Gasteiger partial charge in [0.15, 0.2) is 0 Å². The zero-order valence-corrected chi connectivity index (χ0v) is 25.9. The monoisotopic (exact) mass is 558 g/mol. The van der Waals surface area contributed by atoms with E-state index < -0.39 is 18.5 Å². The fraction of sp³-hybridized carbons (Fsp3) is 0.882. The summed E-state index contributed by atoms with van der Waals surface area (Å²) in [7, 11) is 0. The van der Waals surface area contributed by atoms with Gasteiger partial charge >= 0.3 is 11.9 Å². The molecule has 226 valence electrons. The van der Waals surface area contributed by atoms with Crippen LogP contribution in [-0.4, -0.2) is 48.1 Å². The Balaban J connectivity index is 1.42. The second-order valence-electron chi connectivity index (χ2n) is 16.0. The lowest BCUT2D eigenvalue weighted by Crippen LogP contribution is -2.66. The van der Waals surface area contributed by atoms with Gasteiger partial charge in [0, 0.05) is 5.41 Å². The first-order valence-corrected chi connectivity index (χ1v) is 15.9. The molecule has 5 rings (SSSR count). The number of carbonyl (C=O) groups excluding carboxylic acids is 1. The van der Waals surface area contributed by atoms with Crippen LogP contribution in [0.2, 0.25) is 0 Å². The predicted molar refractivity (Wildman–Crippen MR) is 154 cm³/mol. The van der Waals surface area contributed by atoms with Crippen LogP contribution in [0.1, 0.15) is 106 Å². The molecule has 5 fully saturated rings. The molecule has 0 saturated heterocycles. The summed E-state index contributed by atoms with van der Waals surface area (Å²) in [6.45, 7) is 18.7. The van der Waals surface area contributed by atoms with Crippen molar-refractivity contribution in [3.8, 4) is 0 Å². The van der Waals surface area contributed by atoms with Gasteiger partial charge < -0.3 is 19.7 Å². The Morgan fingerprint density at radius 3 is 2.25 bits per heavy atom. The third kappa shape index (κ3) is 4.32. The number of aliphatic hydroxyl groups excluding tert-OH is 1.